The second-order valence-corrected chi connectivity index (χ2v) is 6.20. The van der Waals surface area contributed by atoms with Crippen molar-refractivity contribution in [1.82, 2.24) is 30.2 Å². The third-order valence-corrected chi connectivity index (χ3v) is 4.81. The van der Waals surface area contributed by atoms with Crippen LogP contribution in [0.15, 0.2) is 10.2 Å². The largest absolute Gasteiger partial charge is 0.373 e. The van der Waals surface area contributed by atoms with E-state index in [9.17, 15) is 0 Å². The van der Waals surface area contributed by atoms with Crippen LogP contribution in [0.2, 0.25) is 0 Å². The molecule has 21 heavy (non-hydrogen) atoms. The van der Waals surface area contributed by atoms with E-state index in [2.05, 4.69) is 30.8 Å². The molecule has 1 fully saturated rings. The Hall–Kier alpha value is -1.70. The van der Waals surface area contributed by atoms with Crippen molar-refractivity contribution < 1.29 is 0 Å². The Morgan fingerprint density at radius 3 is 2.67 bits per heavy atom. The van der Waals surface area contributed by atoms with Crippen molar-refractivity contribution >= 4 is 17.6 Å². The first-order chi connectivity index (χ1) is 10.2. The molecule has 3 rings (SSSR count). The Kier molecular flexibility index (Phi) is 4.05. The van der Waals surface area contributed by atoms with Gasteiger partial charge in [-0.25, -0.2) is 14.6 Å². The van der Waals surface area contributed by atoms with Gasteiger partial charge in [-0.2, -0.15) is 0 Å². The fourth-order valence-corrected chi connectivity index (χ4v) is 3.62. The average molecular weight is 305 g/mol. The van der Waals surface area contributed by atoms with E-state index in [4.69, 9.17) is 0 Å². The lowest BCUT2D eigenvalue weighted by atomic mass is 10.3. The lowest BCUT2D eigenvalue weighted by molar-refractivity contribution is 0.423. The summed E-state index contributed by atoms with van der Waals surface area (Å²) in [5, 5.41) is 17.0. The van der Waals surface area contributed by atoms with Gasteiger partial charge in [0, 0.05) is 12.6 Å². The number of aromatic nitrogens is 6. The van der Waals surface area contributed by atoms with Gasteiger partial charge in [-0.05, 0) is 48.9 Å². The van der Waals surface area contributed by atoms with E-state index in [0.29, 0.717) is 6.04 Å². The van der Waals surface area contributed by atoms with Crippen molar-refractivity contribution in [2.75, 3.05) is 12.4 Å². The summed E-state index contributed by atoms with van der Waals surface area (Å²) < 4.78 is 1.95. The molecule has 1 aliphatic carbocycles. The van der Waals surface area contributed by atoms with Crippen molar-refractivity contribution in [1.29, 1.82) is 0 Å². The number of anilines is 1. The minimum atomic E-state index is 0.425. The van der Waals surface area contributed by atoms with Crippen molar-refractivity contribution in [2.24, 2.45) is 0 Å². The molecule has 0 radical (unpaired) electrons. The highest BCUT2D eigenvalue weighted by Gasteiger charge is 2.23. The molecule has 2 aromatic rings. The lowest BCUT2D eigenvalue weighted by Crippen LogP contribution is -2.09. The molecule has 0 aromatic carbocycles. The highest BCUT2D eigenvalue weighted by atomic mass is 32.2. The Labute approximate surface area is 127 Å². The maximum absolute atomic E-state index is 4.53. The van der Waals surface area contributed by atoms with Crippen LogP contribution in [0.25, 0.3) is 0 Å². The van der Waals surface area contributed by atoms with Gasteiger partial charge in [0.1, 0.15) is 16.7 Å². The van der Waals surface area contributed by atoms with Gasteiger partial charge >= 0.3 is 0 Å². The van der Waals surface area contributed by atoms with Gasteiger partial charge < -0.3 is 5.32 Å². The number of hydrogen-bond acceptors (Lipinski definition) is 7. The van der Waals surface area contributed by atoms with E-state index < -0.39 is 0 Å². The van der Waals surface area contributed by atoms with Crippen LogP contribution in [0.3, 0.4) is 0 Å². The summed E-state index contributed by atoms with van der Waals surface area (Å²) in [4.78, 5) is 8.91. The fraction of sp³-hybridized carbons (Fsp3) is 0.615. The van der Waals surface area contributed by atoms with Crippen LogP contribution in [0.5, 0.6) is 0 Å². The number of nitrogens with zero attached hydrogens (tertiary/aromatic N) is 6. The monoisotopic (exact) mass is 305 g/mol. The summed E-state index contributed by atoms with van der Waals surface area (Å²) >= 11 is 1.51. The average Bonchev–Trinajstić information content (AvgIpc) is 3.12. The minimum absolute atomic E-state index is 0.425. The third-order valence-electron chi connectivity index (χ3n) is 3.77. The highest BCUT2D eigenvalue weighted by Crippen LogP contribution is 2.35. The number of rotatable bonds is 4. The Balaban J connectivity index is 1.90. The molecule has 0 aliphatic heterocycles. The first kappa shape index (κ1) is 14.2. The van der Waals surface area contributed by atoms with Crippen LogP contribution in [0.4, 0.5) is 5.82 Å². The van der Waals surface area contributed by atoms with E-state index in [1.54, 1.807) is 0 Å². The Bertz CT molecular complexity index is 633. The molecule has 1 aliphatic rings. The van der Waals surface area contributed by atoms with Crippen molar-refractivity contribution in [3.05, 3.63) is 11.4 Å². The van der Waals surface area contributed by atoms with Crippen LogP contribution in [0.1, 0.15) is 43.1 Å². The predicted octanol–water partition coefficient (Wildman–Crippen LogP) is 2.39. The van der Waals surface area contributed by atoms with Gasteiger partial charge in [-0.15, -0.1) is 5.10 Å². The molecule has 8 heteroatoms. The quantitative estimate of drug-likeness (QED) is 0.868. The van der Waals surface area contributed by atoms with Crippen molar-refractivity contribution in [3.8, 4) is 0 Å². The Morgan fingerprint density at radius 1 is 1.19 bits per heavy atom. The summed E-state index contributed by atoms with van der Waals surface area (Å²) in [6.45, 7) is 3.90. The van der Waals surface area contributed by atoms with Gasteiger partial charge in [-0.1, -0.05) is 12.8 Å². The molecule has 1 N–H and O–H groups in total. The van der Waals surface area contributed by atoms with Crippen LogP contribution in [0, 0.1) is 13.8 Å². The van der Waals surface area contributed by atoms with Crippen LogP contribution in [-0.4, -0.2) is 37.2 Å². The summed E-state index contributed by atoms with van der Waals surface area (Å²) in [6.07, 6.45) is 4.82. The van der Waals surface area contributed by atoms with Gasteiger partial charge in [-0.3, -0.25) is 0 Å². The molecule has 2 heterocycles. The number of aryl methyl sites for hydroxylation is 1. The molecule has 112 valence electrons. The molecule has 0 spiro atoms. The topological polar surface area (TPSA) is 81.4 Å². The molecule has 0 amide bonds. The Morgan fingerprint density at radius 2 is 1.95 bits per heavy atom. The van der Waals surface area contributed by atoms with Crippen molar-refractivity contribution in [3.63, 3.8) is 0 Å². The highest BCUT2D eigenvalue weighted by molar-refractivity contribution is 7.99. The zero-order chi connectivity index (χ0) is 14.8. The molecule has 0 atom stereocenters. The van der Waals surface area contributed by atoms with Gasteiger partial charge in [0.25, 0.3) is 0 Å². The van der Waals surface area contributed by atoms with E-state index in [0.717, 1.165) is 40.2 Å². The normalized spacial score (nSPS) is 15.6. The summed E-state index contributed by atoms with van der Waals surface area (Å²) in [6, 6.07) is 0.425. The molecule has 2 aromatic heterocycles. The second-order valence-electron chi connectivity index (χ2n) is 5.25. The van der Waals surface area contributed by atoms with Gasteiger partial charge in [0.2, 0.25) is 5.16 Å². The zero-order valence-corrected chi connectivity index (χ0v) is 13.3. The summed E-state index contributed by atoms with van der Waals surface area (Å²) in [7, 11) is 1.87. The molecular weight excluding hydrogens is 286 g/mol. The SMILES string of the molecule is CNc1nc(C)nc(Sc2nnnn2C2CCCC2)c1C. The van der Waals surface area contributed by atoms with E-state index >= 15 is 0 Å². The molecule has 0 unspecified atom stereocenters. The van der Waals surface area contributed by atoms with Crippen LogP contribution < -0.4 is 5.32 Å². The third kappa shape index (κ3) is 2.85. The molecular formula is C13H19N7S. The van der Waals surface area contributed by atoms with Crippen LogP contribution >= 0.6 is 11.8 Å². The smallest absolute Gasteiger partial charge is 0.215 e. The summed E-state index contributed by atoms with van der Waals surface area (Å²) in [5.41, 5.74) is 1.02. The van der Waals surface area contributed by atoms with E-state index in [1.165, 1.54) is 24.6 Å². The number of hydrogen-bond donors (Lipinski definition) is 1. The van der Waals surface area contributed by atoms with Crippen LogP contribution in [-0.2, 0) is 0 Å². The second kappa shape index (κ2) is 5.97. The standard InChI is InChI=1S/C13H19N7S/c1-8-11(14-3)15-9(2)16-12(8)21-13-17-18-19-20(13)10-6-4-5-7-10/h10H,4-7H2,1-3H3,(H,14,15,16). The van der Waals surface area contributed by atoms with E-state index in [-0.39, 0.29) is 0 Å². The fourth-order valence-electron chi connectivity index (χ4n) is 2.66. The lowest BCUT2D eigenvalue weighted by Gasteiger charge is -2.12. The van der Waals surface area contributed by atoms with Gasteiger partial charge in [0.15, 0.2) is 0 Å². The number of nitrogens with one attached hydrogen (secondary N) is 1. The molecule has 1 saturated carbocycles. The van der Waals surface area contributed by atoms with E-state index in [1.807, 2.05) is 25.6 Å². The van der Waals surface area contributed by atoms with Crippen molar-refractivity contribution in [2.45, 2.75) is 55.8 Å². The first-order valence-corrected chi connectivity index (χ1v) is 7.99. The minimum Gasteiger partial charge on any atom is -0.373 e. The molecule has 0 saturated heterocycles. The maximum Gasteiger partial charge on any atom is 0.215 e. The van der Waals surface area contributed by atoms with Gasteiger partial charge in [0.05, 0.1) is 6.04 Å². The summed E-state index contributed by atoms with van der Waals surface area (Å²) in [5.74, 6) is 1.59. The molecule has 7 nitrogen and oxygen atoms in total. The number of tetrazole rings is 1. The maximum atomic E-state index is 4.53. The first-order valence-electron chi connectivity index (χ1n) is 7.17. The molecule has 0 bridgehead atoms. The zero-order valence-electron chi connectivity index (χ0n) is 12.5. The predicted molar refractivity (Wildman–Crippen MR) is 80.5 cm³/mol.